The third kappa shape index (κ3) is 6.93. The van der Waals surface area contributed by atoms with Crippen LogP contribution in [0.4, 0.5) is 0 Å². The maximum atomic E-state index is 12.0. The van der Waals surface area contributed by atoms with Crippen molar-refractivity contribution in [2.24, 2.45) is 5.73 Å². The second-order valence-corrected chi connectivity index (χ2v) is 6.05. The molecule has 2 N–H and O–H groups in total. The fourth-order valence-electron chi connectivity index (χ4n) is 1.71. The van der Waals surface area contributed by atoms with Crippen LogP contribution in [0.15, 0.2) is 5.38 Å². The summed E-state index contributed by atoms with van der Waals surface area (Å²) in [6.07, 6.45) is -0.00397. The number of hydrogen-bond donors (Lipinski definition) is 1. The Morgan fingerprint density at radius 2 is 2.10 bits per heavy atom. The zero-order valence-electron chi connectivity index (χ0n) is 13.1. The Bertz CT molecular complexity index is 435. The Hall–Kier alpha value is -0.400. The molecule has 0 aromatic carbocycles. The van der Waals surface area contributed by atoms with Gasteiger partial charge in [-0.3, -0.25) is 4.79 Å². The molecule has 1 amide bonds. The summed E-state index contributed by atoms with van der Waals surface area (Å²) >= 11 is 1.55. The van der Waals surface area contributed by atoms with E-state index >= 15 is 0 Å². The highest BCUT2D eigenvalue weighted by atomic mass is 35.5. The lowest BCUT2D eigenvalue weighted by Gasteiger charge is -2.25. The topological polar surface area (TPSA) is 68.5 Å². The minimum atomic E-state index is -0.855. The van der Waals surface area contributed by atoms with Crippen molar-refractivity contribution in [2.75, 3.05) is 13.7 Å². The number of ether oxygens (including phenoxy) is 1. The molecule has 124 valence electrons. The molecule has 1 atom stereocenters. The molecule has 0 aliphatic heterocycles. The van der Waals surface area contributed by atoms with E-state index in [1.165, 1.54) is 0 Å². The Morgan fingerprint density at radius 3 is 2.57 bits per heavy atom. The van der Waals surface area contributed by atoms with Gasteiger partial charge in [-0.05, 0) is 27.7 Å². The Kier molecular flexibility index (Phi) is 10.4. The quantitative estimate of drug-likeness (QED) is 0.849. The lowest BCUT2D eigenvalue weighted by atomic mass is 10.1. The van der Waals surface area contributed by atoms with Gasteiger partial charge in [0, 0.05) is 19.0 Å². The first-order chi connectivity index (χ1) is 8.75. The van der Waals surface area contributed by atoms with E-state index in [9.17, 15) is 4.79 Å². The van der Waals surface area contributed by atoms with Crippen molar-refractivity contribution >= 4 is 42.1 Å². The van der Waals surface area contributed by atoms with Gasteiger partial charge >= 0.3 is 0 Å². The fraction of sp³-hybridized carbons (Fsp3) is 0.692. The van der Waals surface area contributed by atoms with E-state index in [2.05, 4.69) is 4.98 Å². The lowest BCUT2D eigenvalue weighted by molar-refractivity contribution is -0.135. The van der Waals surface area contributed by atoms with Gasteiger partial charge in [-0.25, -0.2) is 4.98 Å². The largest absolute Gasteiger partial charge is 0.372 e. The van der Waals surface area contributed by atoms with Crippen LogP contribution in [0, 0.1) is 0 Å². The number of likely N-dealkylation sites (N-methyl/N-ethyl adjacent to an activating group) is 1. The minimum absolute atomic E-state index is 0. The van der Waals surface area contributed by atoms with Crippen LogP contribution in [0.1, 0.15) is 44.5 Å². The normalized spacial score (nSPS) is 12.1. The summed E-state index contributed by atoms with van der Waals surface area (Å²) < 4.78 is 5.50. The van der Waals surface area contributed by atoms with E-state index in [1.807, 2.05) is 19.2 Å². The zero-order chi connectivity index (χ0) is 14.6. The Balaban J connectivity index is 0. The van der Waals surface area contributed by atoms with E-state index in [1.54, 1.807) is 37.1 Å². The van der Waals surface area contributed by atoms with Gasteiger partial charge in [0.15, 0.2) is 0 Å². The van der Waals surface area contributed by atoms with E-state index < -0.39 is 5.54 Å². The number of thiazole rings is 1. The standard InChI is InChI=1S/C13H23N3O2S.2ClH/c1-6-18-9(2)11-15-10(8-19-11)7-16(5)12(17)13(3,4)14;;/h8-9H,6-7,14H2,1-5H3;2*1H. The first-order valence-electron chi connectivity index (χ1n) is 6.36. The lowest BCUT2D eigenvalue weighted by Crippen LogP contribution is -2.49. The first-order valence-corrected chi connectivity index (χ1v) is 7.24. The summed E-state index contributed by atoms with van der Waals surface area (Å²) in [4.78, 5) is 18.1. The van der Waals surface area contributed by atoms with Crippen molar-refractivity contribution in [3.8, 4) is 0 Å². The van der Waals surface area contributed by atoms with Crippen LogP contribution >= 0.6 is 36.2 Å². The predicted molar refractivity (Wildman–Crippen MR) is 91.4 cm³/mol. The molecule has 0 aliphatic carbocycles. The molecule has 1 heterocycles. The summed E-state index contributed by atoms with van der Waals surface area (Å²) in [7, 11) is 1.74. The highest BCUT2D eigenvalue weighted by molar-refractivity contribution is 7.09. The maximum Gasteiger partial charge on any atom is 0.242 e. The zero-order valence-corrected chi connectivity index (χ0v) is 15.5. The van der Waals surface area contributed by atoms with Crippen molar-refractivity contribution in [3.05, 3.63) is 16.1 Å². The monoisotopic (exact) mass is 357 g/mol. The summed E-state index contributed by atoms with van der Waals surface area (Å²) in [5.74, 6) is -0.0973. The summed E-state index contributed by atoms with van der Waals surface area (Å²) in [6, 6.07) is 0. The molecule has 1 unspecified atom stereocenters. The van der Waals surface area contributed by atoms with Crippen LogP contribution in [-0.2, 0) is 16.1 Å². The van der Waals surface area contributed by atoms with Crippen LogP contribution in [0.25, 0.3) is 0 Å². The Labute approximate surface area is 143 Å². The number of hydrogen-bond acceptors (Lipinski definition) is 5. The fourth-order valence-corrected chi connectivity index (χ4v) is 2.52. The maximum absolute atomic E-state index is 12.0. The number of carbonyl (C=O) groups excluding carboxylic acids is 1. The molecule has 0 saturated heterocycles. The average Bonchev–Trinajstić information content (AvgIpc) is 2.75. The minimum Gasteiger partial charge on any atom is -0.372 e. The molecule has 1 rings (SSSR count). The SMILES string of the molecule is CCOC(C)c1nc(CN(C)C(=O)C(C)(C)N)cs1.Cl.Cl. The van der Waals surface area contributed by atoms with E-state index in [0.29, 0.717) is 13.2 Å². The van der Waals surface area contributed by atoms with Crippen LogP contribution in [0.3, 0.4) is 0 Å². The molecule has 21 heavy (non-hydrogen) atoms. The summed E-state index contributed by atoms with van der Waals surface area (Å²) in [6.45, 7) is 8.47. The van der Waals surface area contributed by atoms with Gasteiger partial charge in [0.1, 0.15) is 11.1 Å². The van der Waals surface area contributed by atoms with E-state index in [0.717, 1.165) is 10.7 Å². The van der Waals surface area contributed by atoms with Gasteiger partial charge in [0.25, 0.3) is 0 Å². The van der Waals surface area contributed by atoms with Crippen molar-refractivity contribution in [1.29, 1.82) is 0 Å². The van der Waals surface area contributed by atoms with E-state index in [-0.39, 0.29) is 36.8 Å². The third-order valence-electron chi connectivity index (χ3n) is 2.63. The van der Waals surface area contributed by atoms with Crippen LogP contribution in [0.5, 0.6) is 0 Å². The van der Waals surface area contributed by atoms with Crippen molar-refractivity contribution in [2.45, 2.75) is 45.9 Å². The molecular formula is C13H25Cl2N3O2S. The number of carbonyl (C=O) groups is 1. The second kappa shape index (κ2) is 9.58. The molecule has 0 aliphatic rings. The molecular weight excluding hydrogens is 333 g/mol. The van der Waals surface area contributed by atoms with Crippen molar-refractivity contribution < 1.29 is 9.53 Å². The molecule has 0 fully saturated rings. The van der Waals surface area contributed by atoms with Gasteiger partial charge in [0.05, 0.1) is 17.8 Å². The highest BCUT2D eigenvalue weighted by Gasteiger charge is 2.26. The molecule has 0 spiro atoms. The molecule has 1 aromatic heterocycles. The predicted octanol–water partition coefficient (Wildman–Crippen LogP) is 2.78. The van der Waals surface area contributed by atoms with Crippen LogP contribution < -0.4 is 5.73 Å². The number of nitrogens with two attached hydrogens (primary N) is 1. The summed E-state index contributed by atoms with van der Waals surface area (Å²) in [5, 5.41) is 2.89. The molecule has 8 heteroatoms. The van der Waals surface area contributed by atoms with Crippen LogP contribution in [-0.4, -0.2) is 35.0 Å². The number of halogens is 2. The number of rotatable bonds is 6. The molecule has 1 aromatic rings. The first kappa shape index (κ1) is 22.9. The summed E-state index contributed by atoms with van der Waals surface area (Å²) in [5.41, 5.74) is 5.81. The smallest absolute Gasteiger partial charge is 0.242 e. The highest BCUT2D eigenvalue weighted by Crippen LogP contribution is 2.21. The molecule has 0 bridgehead atoms. The van der Waals surface area contributed by atoms with Crippen LogP contribution in [0.2, 0.25) is 0 Å². The number of aromatic nitrogens is 1. The van der Waals surface area contributed by atoms with Gasteiger partial charge < -0.3 is 15.4 Å². The van der Waals surface area contributed by atoms with Gasteiger partial charge in [-0.2, -0.15) is 0 Å². The van der Waals surface area contributed by atoms with Gasteiger partial charge in [-0.1, -0.05) is 0 Å². The van der Waals surface area contributed by atoms with E-state index in [4.69, 9.17) is 10.5 Å². The second-order valence-electron chi connectivity index (χ2n) is 5.16. The number of amides is 1. The Morgan fingerprint density at radius 1 is 1.52 bits per heavy atom. The van der Waals surface area contributed by atoms with Gasteiger partial charge in [0.2, 0.25) is 5.91 Å². The molecule has 0 saturated carbocycles. The molecule has 0 radical (unpaired) electrons. The average molecular weight is 358 g/mol. The number of nitrogens with zero attached hydrogens (tertiary/aromatic N) is 2. The van der Waals surface area contributed by atoms with Crippen molar-refractivity contribution in [1.82, 2.24) is 9.88 Å². The van der Waals surface area contributed by atoms with Crippen molar-refractivity contribution in [3.63, 3.8) is 0 Å². The third-order valence-corrected chi connectivity index (χ3v) is 3.69. The molecule has 5 nitrogen and oxygen atoms in total. The van der Waals surface area contributed by atoms with Gasteiger partial charge in [-0.15, -0.1) is 36.2 Å².